The lowest BCUT2D eigenvalue weighted by atomic mass is 9.98. The van der Waals surface area contributed by atoms with Crippen LogP contribution in [0.4, 0.5) is 5.95 Å². The van der Waals surface area contributed by atoms with Crippen LogP contribution in [0.5, 0.6) is 0 Å². The van der Waals surface area contributed by atoms with E-state index < -0.39 is 0 Å². The zero-order valence-electron chi connectivity index (χ0n) is 10.9. The minimum absolute atomic E-state index is 0.817. The SMILES string of the molecule is CN1CCN(c2nc(=S)c3c([nH]2)CCCC3)CC1. The molecule has 0 bridgehead atoms. The number of aromatic nitrogens is 2. The van der Waals surface area contributed by atoms with Crippen molar-refractivity contribution in [3.8, 4) is 0 Å². The Morgan fingerprint density at radius 3 is 2.61 bits per heavy atom. The lowest BCUT2D eigenvalue weighted by Gasteiger charge is -2.33. The lowest BCUT2D eigenvalue weighted by molar-refractivity contribution is 0.311. The molecule has 1 aliphatic carbocycles. The van der Waals surface area contributed by atoms with Crippen molar-refractivity contribution in [1.29, 1.82) is 0 Å². The number of rotatable bonds is 1. The molecule has 4 nitrogen and oxygen atoms in total. The first-order chi connectivity index (χ1) is 8.74. The van der Waals surface area contributed by atoms with Crippen LogP contribution in [-0.4, -0.2) is 48.1 Å². The van der Waals surface area contributed by atoms with E-state index >= 15 is 0 Å². The van der Waals surface area contributed by atoms with Gasteiger partial charge in [0.05, 0.1) is 0 Å². The Balaban J connectivity index is 1.89. The maximum atomic E-state index is 5.45. The van der Waals surface area contributed by atoms with Crippen molar-refractivity contribution < 1.29 is 0 Å². The molecule has 1 aromatic rings. The van der Waals surface area contributed by atoms with Gasteiger partial charge in [0.2, 0.25) is 5.95 Å². The second-order valence-corrected chi connectivity index (χ2v) is 5.71. The van der Waals surface area contributed by atoms with Crippen LogP contribution >= 0.6 is 12.2 Å². The summed E-state index contributed by atoms with van der Waals surface area (Å²) < 4.78 is 0.817. The van der Waals surface area contributed by atoms with Crippen LogP contribution in [0.2, 0.25) is 0 Å². The van der Waals surface area contributed by atoms with E-state index in [9.17, 15) is 0 Å². The number of anilines is 1. The number of nitrogens with zero attached hydrogens (tertiary/aromatic N) is 3. The summed E-state index contributed by atoms with van der Waals surface area (Å²) in [6.45, 7) is 4.26. The average Bonchev–Trinajstić information content (AvgIpc) is 2.39. The van der Waals surface area contributed by atoms with Gasteiger partial charge in [-0.3, -0.25) is 0 Å². The van der Waals surface area contributed by atoms with Crippen LogP contribution < -0.4 is 4.90 Å². The number of aromatic amines is 1. The first-order valence-electron chi connectivity index (χ1n) is 6.79. The third kappa shape index (κ3) is 2.29. The molecule has 98 valence electrons. The van der Waals surface area contributed by atoms with Gasteiger partial charge >= 0.3 is 0 Å². The molecule has 3 rings (SSSR count). The maximum Gasteiger partial charge on any atom is 0.204 e. The van der Waals surface area contributed by atoms with Crippen LogP contribution in [0, 0.1) is 4.64 Å². The zero-order valence-corrected chi connectivity index (χ0v) is 11.7. The summed E-state index contributed by atoms with van der Waals surface area (Å²) in [7, 11) is 2.17. The number of aryl methyl sites for hydroxylation is 1. The second-order valence-electron chi connectivity index (χ2n) is 5.32. The fraction of sp³-hybridized carbons (Fsp3) is 0.692. The van der Waals surface area contributed by atoms with Gasteiger partial charge in [-0.1, -0.05) is 12.2 Å². The molecule has 0 radical (unpaired) electrons. The van der Waals surface area contributed by atoms with E-state index in [0.717, 1.165) is 49.6 Å². The topological polar surface area (TPSA) is 35.2 Å². The van der Waals surface area contributed by atoms with Crippen molar-refractivity contribution in [1.82, 2.24) is 14.9 Å². The Bertz CT molecular complexity index is 488. The molecule has 0 saturated carbocycles. The number of H-pyrrole nitrogens is 1. The Morgan fingerprint density at radius 1 is 1.11 bits per heavy atom. The van der Waals surface area contributed by atoms with Crippen molar-refractivity contribution in [2.24, 2.45) is 0 Å². The Kier molecular flexibility index (Phi) is 3.35. The maximum absolute atomic E-state index is 5.45. The smallest absolute Gasteiger partial charge is 0.204 e. The monoisotopic (exact) mass is 264 g/mol. The second kappa shape index (κ2) is 4.97. The average molecular weight is 264 g/mol. The summed E-state index contributed by atoms with van der Waals surface area (Å²) in [5.41, 5.74) is 2.62. The Morgan fingerprint density at radius 2 is 1.83 bits per heavy atom. The summed E-state index contributed by atoms with van der Waals surface area (Å²) >= 11 is 5.45. The van der Waals surface area contributed by atoms with Gasteiger partial charge in [-0.25, -0.2) is 4.98 Å². The molecule has 2 aliphatic rings. The Labute approximate surface area is 113 Å². The third-order valence-electron chi connectivity index (χ3n) is 4.00. The van der Waals surface area contributed by atoms with Crippen LogP contribution in [0.25, 0.3) is 0 Å². The van der Waals surface area contributed by atoms with E-state index in [1.165, 1.54) is 24.1 Å². The minimum Gasteiger partial charge on any atom is -0.340 e. The summed E-state index contributed by atoms with van der Waals surface area (Å²) in [6.07, 6.45) is 4.74. The van der Waals surface area contributed by atoms with E-state index in [1.807, 2.05) is 0 Å². The fourth-order valence-corrected chi connectivity index (χ4v) is 3.09. The number of hydrogen-bond donors (Lipinski definition) is 1. The highest BCUT2D eigenvalue weighted by atomic mass is 32.1. The molecule has 0 spiro atoms. The molecule has 5 heteroatoms. The first kappa shape index (κ1) is 12.1. The van der Waals surface area contributed by atoms with Crippen molar-refractivity contribution >= 4 is 18.2 Å². The van der Waals surface area contributed by atoms with Crippen molar-refractivity contribution in [2.75, 3.05) is 38.1 Å². The van der Waals surface area contributed by atoms with Crippen molar-refractivity contribution in [2.45, 2.75) is 25.7 Å². The Hall–Kier alpha value is -0.940. The zero-order chi connectivity index (χ0) is 12.5. The standard InChI is InChI=1S/C13H20N4S/c1-16-6-8-17(9-7-16)13-14-11-5-3-2-4-10(11)12(18)15-13/h2-9H2,1H3,(H,14,15,18). The van der Waals surface area contributed by atoms with E-state index in [-0.39, 0.29) is 0 Å². The molecule has 0 unspecified atom stereocenters. The summed E-state index contributed by atoms with van der Waals surface area (Å²) in [5, 5.41) is 0. The van der Waals surface area contributed by atoms with Crippen molar-refractivity contribution in [3.63, 3.8) is 0 Å². The number of piperazine rings is 1. The molecule has 1 fully saturated rings. The molecular formula is C13H20N4S. The summed E-state index contributed by atoms with van der Waals surface area (Å²) in [4.78, 5) is 12.8. The highest BCUT2D eigenvalue weighted by Gasteiger charge is 2.19. The van der Waals surface area contributed by atoms with Gasteiger partial charge in [0.15, 0.2) is 0 Å². The van der Waals surface area contributed by atoms with E-state index in [2.05, 4.69) is 26.8 Å². The van der Waals surface area contributed by atoms with Gasteiger partial charge < -0.3 is 14.8 Å². The molecule has 1 N–H and O–H groups in total. The van der Waals surface area contributed by atoms with E-state index in [0.29, 0.717) is 0 Å². The predicted octanol–water partition coefficient (Wildman–Crippen LogP) is 1.77. The number of nitrogens with one attached hydrogen (secondary N) is 1. The van der Waals surface area contributed by atoms with Gasteiger partial charge in [-0.05, 0) is 32.7 Å². The molecule has 0 amide bonds. The van der Waals surface area contributed by atoms with Gasteiger partial charge in [0.25, 0.3) is 0 Å². The predicted molar refractivity (Wildman–Crippen MR) is 75.8 cm³/mol. The van der Waals surface area contributed by atoms with Crippen LogP contribution in [0.3, 0.4) is 0 Å². The number of hydrogen-bond acceptors (Lipinski definition) is 4. The molecule has 1 saturated heterocycles. The van der Waals surface area contributed by atoms with Crippen molar-refractivity contribution in [3.05, 3.63) is 15.9 Å². The molecule has 0 atom stereocenters. The van der Waals surface area contributed by atoms with Crippen LogP contribution in [0.1, 0.15) is 24.1 Å². The molecule has 18 heavy (non-hydrogen) atoms. The normalized spacial score (nSPS) is 20.8. The summed E-state index contributed by atoms with van der Waals surface area (Å²) in [5.74, 6) is 0.980. The number of fused-ring (bicyclic) bond motifs is 1. The quantitative estimate of drug-likeness (QED) is 0.784. The molecule has 0 aromatic carbocycles. The van der Waals surface area contributed by atoms with Gasteiger partial charge in [-0.2, -0.15) is 0 Å². The van der Waals surface area contributed by atoms with Gasteiger partial charge in [-0.15, -0.1) is 0 Å². The highest BCUT2D eigenvalue weighted by molar-refractivity contribution is 7.71. The van der Waals surface area contributed by atoms with E-state index in [4.69, 9.17) is 12.2 Å². The van der Waals surface area contributed by atoms with E-state index in [1.54, 1.807) is 0 Å². The fourth-order valence-electron chi connectivity index (χ4n) is 2.77. The van der Waals surface area contributed by atoms with Crippen LogP contribution in [0.15, 0.2) is 0 Å². The van der Waals surface area contributed by atoms with Crippen LogP contribution in [-0.2, 0) is 12.8 Å². The first-order valence-corrected chi connectivity index (χ1v) is 7.20. The van der Waals surface area contributed by atoms with Gasteiger partial charge in [0.1, 0.15) is 4.64 Å². The largest absolute Gasteiger partial charge is 0.340 e. The minimum atomic E-state index is 0.817. The summed E-state index contributed by atoms with van der Waals surface area (Å²) in [6, 6.07) is 0. The highest BCUT2D eigenvalue weighted by Crippen LogP contribution is 2.22. The van der Waals surface area contributed by atoms with Gasteiger partial charge in [0, 0.05) is 37.4 Å². The lowest BCUT2D eigenvalue weighted by Crippen LogP contribution is -2.45. The molecule has 2 heterocycles. The third-order valence-corrected chi connectivity index (χ3v) is 4.34. The molecular weight excluding hydrogens is 244 g/mol. The molecule has 1 aliphatic heterocycles. The molecule has 1 aromatic heterocycles. The number of likely N-dealkylation sites (N-methyl/N-ethyl adjacent to an activating group) is 1.